The second kappa shape index (κ2) is 10.6. The van der Waals surface area contributed by atoms with Gasteiger partial charge in [-0.25, -0.2) is 17.2 Å². The van der Waals surface area contributed by atoms with Crippen molar-refractivity contribution >= 4 is 27.5 Å². The third-order valence-electron chi connectivity index (χ3n) is 5.13. The van der Waals surface area contributed by atoms with Gasteiger partial charge in [0.1, 0.15) is 11.6 Å². The first kappa shape index (κ1) is 23.8. The second-order valence-corrected chi connectivity index (χ2v) is 9.46. The summed E-state index contributed by atoms with van der Waals surface area (Å²) in [5.74, 6) is -3.00. The van der Waals surface area contributed by atoms with Gasteiger partial charge in [-0.3, -0.25) is 9.59 Å². The predicted octanol–water partition coefficient (Wildman–Crippen LogP) is 3.29. The Bertz CT molecular complexity index is 1080. The van der Waals surface area contributed by atoms with Gasteiger partial charge in [0.05, 0.1) is 10.5 Å². The van der Waals surface area contributed by atoms with E-state index in [4.69, 9.17) is 0 Å². The number of hydrogen-bond donors (Lipinski definition) is 2. The fourth-order valence-electron chi connectivity index (χ4n) is 3.45. The Morgan fingerprint density at radius 2 is 1.69 bits per heavy atom. The van der Waals surface area contributed by atoms with Crippen LogP contribution in [0.3, 0.4) is 0 Å². The minimum Gasteiger partial charge on any atom is -0.351 e. The van der Waals surface area contributed by atoms with Crippen LogP contribution >= 0.6 is 0 Å². The van der Waals surface area contributed by atoms with Crippen molar-refractivity contribution in [2.45, 2.75) is 37.0 Å². The average Bonchev–Trinajstić information content (AvgIpc) is 3.04. The van der Waals surface area contributed by atoms with Crippen LogP contribution in [0.1, 0.15) is 42.5 Å². The number of carbonyl (C=O) groups is 2. The van der Waals surface area contributed by atoms with E-state index in [0.717, 1.165) is 37.8 Å². The number of carbonyl (C=O) groups excluding carboxylic acids is 2. The zero-order valence-electron chi connectivity index (χ0n) is 17.4. The van der Waals surface area contributed by atoms with Crippen LogP contribution in [-0.2, 0) is 14.8 Å². The number of benzene rings is 2. The number of halogens is 2. The Morgan fingerprint density at radius 3 is 2.38 bits per heavy atom. The highest BCUT2D eigenvalue weighted by Crippen LogP contribution is 2.22. The SMILES string of the molecule is O=C(CCNC(=O)c1ccc(F)cc1F)Nc1cccc(S(=O)(=O)N2CCCCCC2)c1. The maximum absolute atomic E-state index is 13.6. The Hall–Kier alpha value is -2.85. The highest BCUT2D eigenvalue weighted by molar-refractivity contribution is 7.89. The minimum atomic E-state index is -3.65. The van der Waals surface area contributed by atoms with Gasteiger partial charge in [-0.15, -0.1) is 0 Å². The van der Waals surface area contributed by atoms with E-state index in [-0.39, 0.29) is 23.4 Å². The van der Waals surface area contributed by atoms with Gasteiger partial charge in [0.2, 0.25) is 15.9 Å². The van der Waals surface area contributed by atoms with Gasteiger partial charge < -0.3 is 10.6 Å². The fourth-order valence-corrected chi connectivity index (χ4v) is 5.01. The van der Waals surface area contributed by atoms with E-state index in [0.29, 0.717) is 24.8 Å². The second-order valence-electron chi connectivity index (χ2n) is 7.52. The molecule has 32 heavy (non-hydrogen) atoms. The van der Waals surface area contributed by atoms with Crippen molar-refractivity contribution in [2.24, 2.45) is 0 Å². The summed E-state index contributed by atoms with van der Waals surface area (Å²) in [6.45, 7) is 0.883. The number of hydrogen-bond acceptors (Lipinski definition) is 4. The van der Waals surface area contributed by atoms with Gasteiger partial charge in [-0.2, -0.15) is 4.31 Å². The molecule has 7 nitrogen and oxygen atoms in total. The van der Waals surface area contributed by atoms with Crippen LogP contribution in [0.5, 0.6) is 0 Å². The molecule has 0 saturated carbocycles. The molecule has 2 amide bonds. The summed E-state index contributed by atoms with van der Waals surface area (Å²) in [6.07, 6.45) is 3.54. The molecule has 2 aromatic rings. The molecule has 0 unspecified atom stereocenters. The lowest BCUT2D eigenvalue weighted by Gasteiger charge is -2.20. The van der Waals surface area contributed by atoms with Crippen LogP contribution in [0.2, 0.25) is 0 Å². The Kier molecular flexibility index (Phi) is 7.92. The van der Waals surface area contributed by atoms with E-state index in [2.05, 4.69) is 10.6 Å². The molecule has 1 saturated heterocycles. The Balaban J connectivity index is 1.55. The predicted molar refractivity (Wildman–Crippen MR) is 116 cm³/mol. The Labute approximate surface area is 185 Å². The van der Waals surface area contributed by atoms with Gasteiger partial charge in [-0.1, -0.05) is 18.9 Å². The topological polar surface area (TPSA) is 95.6 Å². The monoisotopic (exact) mass is 465 g/mol. The van der Waals surface area contributed by atoms with Crippen LogP contribution < -0.4 is 10.6 Å². The van der Waals surface area contributed by atoms with Gasteiger partial charge in [-0.05, 0) is 43.2 Å². The largest absolute Gasteiger partial charge is 0.351 e. The van der Waals surface area contributed by atoms with E-state index in [9.17, 15) is 26.8 Å². The molecule has 0 bridgehead atoms. The third-order valence-corrected chi connectivity index (χ3v) is 7.03. The zero-order valence-corrected chi connectivity index (χ0v) is 18.3. The summed E-state index contributed by atoms with van der Waals surface area (Å²) in [7, 11) is -3.65. The third kappa shape index (κ3) is 6.10. The standard InChI is InChI=1S/C22H25F2N3O4S/c23-16-8-9-19(20(24)14-16)22(29)25-11-10-21(28)26-17-6-5-7-18(15-17)32(30,31)27-12-3-1-2-4-13-27/h5-9,14-15H,1-4,10-13H2,(H,25,29)(H,26,28). The molecule has 0 spiro atoms. The van der Waals surface area contributed by atoms with Crippen LogP contribution in [0, 0.1) is 11.6 Å². The summed E-state index contributed by atoms with van der Waals surface area (Å²) in [4.78, 5) is 24.3. The quantitative estimate of drug-likeness (QED) is 0.656. The first-order chi connectivity index (χ1) is 15.3. The van der Waals surface area contributed by atoms with Crippen molar-refractivity contribution in [2.75, 3.05) is 25.0 Å². The van der Waals surface area contributed by atoms with E-state index in [1.54, 1.807) is 12.1 Å². The molecule has 10 heteroatoms. The lowest BCUT2D eigenvalue weighted by atomic mass is 10.2. The van der Waals surface area contributed by atoms with Crippen LogP contribution in [-0.4, -0.2) is 44.2 Å². The number of anilines is 1. The number of nitrogens with zero attached hydrogens (tertiary/aromatic N) is 1. The molecule has 0 atom stereocenters. The normalized spacial score (nSPS) is 15.1. The highest BCUT2D eigenvalue weighted by atomic mass is 32.2. The van der Waals surface area contributed by atoms with E-state index >= 15 is 0 Å². The molecule has 2 aromatic carbocycles. The number of rotatable bonds is 7. The van der Waals surface area contributed by atoms with Crippen molar-refractivity contribution in [3.05, 3.63) is 59.7 Å². The van der Waals surface area contributed by atoms with Gasteiger partial charge in [0.15, 0.2) is 0 Å². The number of nitrogens with one attached hydrogen (secondary N) is 2. The summed E-state index contributed by atoms with van der Waals surface area (Å²) in [5, 5.41) is 5.00. The molecular weight excluding hydrogens is 440 g/mol. The molecule has 1 aliphatic rings. The first-order valence-electron chi connectivity index (χ1n) is 10.4. The molecule has 0 aliphatic carbocycles. The Morgan fingerprint density at radius 1 is 0.969 bits per heavy atom. The number of amides is 2. The van der Waals surface area contributed by atoms with E-state index in [1.165, 1.54) is 16.4 Å². The van der Waals surface area contributed by atoms with Crippen molar-refractivity contribution in [1.29, 1.82) is 0 Å². The van der Waals surface area contributed by atoms with Gasteiger partial charge in [0, 0.05) is 37.8 Å². The first-order valence-corrected chi connectivity index (χ1v) is 11.8. The molecule has 172 valence electrons. The van der Waals surface area contributed by atoms with Crippen LogP contribution in [0.25, 0.3) is 0 Å². The lowest BCUT2D eigenvalue weighted by Crippen LogP contribution is -2.32. The zero-order chi connectivity index (χ0) is 23.1. The lowest BCUT2D eigenvalue weighted by molar-refractivity contribution is -0.116. The molecule has 1 aliphatic heterocycles. The molecule has 3 rings (SSSR count). The van der Waals surface area contributed by atoms with Crippen molar-refractivity contribution in [3.63, 3.8) is 0 Å². The maximum atomic E-state index is 13.6. The molecule has 2 N–H and O–H groups in total. The van der Waals surface area contributed by atoms with Gasteiger partial charge in [0.25, 0.3) is 5.91 Å². The summed E-state index contributed by atoms with van der Waals surface area (Å²) in [5.41, 5.74) is 0.0000289. The molecular formula is C22H25F2N3O4S. The highest BCUT2D eigenvalue weighted by Gasteiger charge is 2.25. The fraction of sp³-hybridized carbons (Fsp3) is 0.364. The van der Waals surface area contributed by atoms with Crippen molar-refractivity contribution < 1.29 is 26.8 Å². The summed E-state index contributed by atoms with van der Waals surface area (Å²) < 4.78 is 53.9. The average molecular weight is 466 g/mol. The molecule has 0 aromatic heterocycles. The summed E-state index contributed by atoms with van der Waals surface area (Å²) >= 11 is 0. The van der Waals surface area contributed by atoms with E-state index in [1.807, 2.05) is 0 Å². The number of sulfonamides is 1. The summed E-state index contributed by atoms with van der Waals surface area (Å²) in [6, 6.07) is 8.63. The minimum absolute atomic E-state index is 0.0761. The van der Waals surface area contributed by atoms with Crippen molar-refractivity contribution in [3.8, 4) is 0 Å². The smallest absolute Gasteiger partial charge is 0.254 e. The van der Waals surface area contributed by atoms with E-state index < -0.39 is 33.5 Å². The maximum Gasteiger partial charge on any atom is 0.254 e. The van der Waals surface area contributed by atoms with Crippen LogP contribution in [0.4, 0.5) is 14.5 Å². The molecule has 0 radical (unpaired) electrons. The van der Waals surface area contributed by atoms with Gasteiger partial charge >= 0.3 is 0 Å². The molecule has 1 heterocycles. The molecule has 1 fully saturated rings. The van der Waals surface area contributed by atoms with Crippen LogP contribution in [0.15, 0.2) is 47.4 Å². The van der Waals surface area contributed by atoms with Crippen molar-refractivity contribution in [1.82, 2.24) is 9.62 Å².